The van der Waals surface area contributed by atoms with Crippen LogP contribution < -0.4 is 0 Å². The standard InChI is InChI=1S/C39H24N8/c1-2-13-32-31(12-1)35-36(47-21-4-3-14-33(47)43-35)34(42-32)26-17-15-25(16-18-26)27-8-5-9-28(22-27)37-44-38(29-10-6-19-40-23-29)46-39(45-37)30-11-7-20-41-24-30/h1-24H. The van der Waals surface area contributed by atoms with Gasteiger partial charge in [-0.2, -0.15) is 0 Å². The number of nitrogens with zero attached hydrogens (tertiary/aromatic N) is 8. The molecule has 6 aromatic heterocycles. The average molecular weight is 605 g/mol. The molecule has 0 amide bonds. The molecule has 0 aliphatic carbocycles. The van der Waals surface area contributed by atoms with E-state index in [1.807, 2.05) is 79.0 Å². The van der Waals surface area contributed by atoms with Crippen molar-refractivity contribution in [2.45, 2.75) is 0 Å². The monoisotopic (exact) mass is 604 g/mol. The SMILES string of the molecule is c1cncc(-c2nc(-c3cccnc3)nc(-c3cccc(-c4ccc(-c5nc6ccccc6c6nc7ccccn7c56)cc4)c3)n2)c1. The van der Waals surface area contributed by atoms with Gasteiger partial charge >= 0.3 is 0 Å². The zero-order valence-corrected chi connectivity index (χ0v) is 24.9. The zero-order valence-electron chi connectivity index (χ0n) is 24.9. The summed E-state index contributed by atoms with van der Waals surface area (Å²) in [6, 6.07) is 38.7. The minimum Gasteiger partial charge on any atom is -0.298 e. The lowest BCUT2D eigenvalue weighted by Crippen LogP contribution is -2.00. The van der Waals surface area contributed by atoms with Crippen LogP contribution in [0, 0.1) is 0 Å². The smallest absolute Gasteiger partial charge is 0.165 e. The van der Waals surface area contributed by atoms with E-state index in [4.69, 9.17) is 24.9 Å². The molecular weight excluding hydrogens is 580 g/mol. The van der Waals surface area contributed by atoms with E-state index in [9.17, 15) is 0 Å². The van der Waals surface area contributed by atoms with Gasteiger partial charge in [0, 0.05) is 58.6 Å². The van der Waals surface area contributed by atoms with Crippen molar-refractivity contribution < 1.29 is 0 Å². The molecule has 220 valence electrons. The Labute approximate surface area is 269 Å². The molecule has 0 radical (unpaired) electrons. The van der Waals surface area contributed by atoms with Crippen LogP contribution in [-0.4, -0.2) is 39.3 Å². The van der Waals surface area contributed by atoms with Crippen LogP contribution in [-0.2, 0) is 0 Å². The maximum absolute atomic E-state index is 5.13. The van der Waals surface area contributed by atoms with Crippen LogP contribution in [0.4, 0.5) is 0 Å². The van der Waals surface area contributed by atoms with Gasteiger partial charge in [0.2, 0.25) is 0 Å². The van der Waals surface area contributed by atoms with Gasteiger partial charge in [-0.15, -0.1) is 0 Å². The number of imidazole rings is 1. The fraction of sp³-hybridized carbons (Fsp3) is 0. The van der Waals surface area contributed by atoms with E-state index in [1.54, 1.807) is 24.8 Å². The molecule has 47 heavy (non-hydrogen) atoms. The summed E-state index contributed by atoms with van der Waals surface area (Å²) in [7, 11) is 0. The van der Waals surface area contributed by atoms with Gasteiger partial charge in [0.25, 0.3) is 0 Å². The summed E-state index contributed by atoms with van der Waals surface area (Å²) < 4.78 is 2.12. The third-order valence-corrected chi connectivity index (χ3v) is 8.23. The first-order valence-corrected chi connectivity index (χ1v) is 15.2. The van der Waals surface area contributed by atoms with E-state index in [0.717, 1.165) is 66.7 Å². The molecule has 0 saturated heterocycles. The largest absolute Gasteiger partial charge is 0.298 e. The van der Waals surface area contributed by atoms with Crippen LogP contribution in [0.2, 0.25) is 0 Å². The second-order valence-electron chi connectivity index (χ2n) is 11.2. The highest BCUT2D eigenvalue weighted by Gasteiger charge is 2.17. The Kier molecular flexibility index (Phi) is 6.28. The molecule has 6 heterocycles. The number of fused-ring (bicyclic) bond motifs is 5. The van der Waals surface area contributed by atoms with Crippen LogP contribution in [0.1, 0.15) is 0 Å². The lowest BCUT2D eigenvalue weighted by atomic mass is 10.00. The topological polar surface area (TPSA) is 94.6 Å². The molecule has 0 fully saturated rings. The summed E-state index contributed by atoms with van der Waals surface area (Å²) in [5, 5.41) is 1.04. The highest BCUT2D eigenvalue weighted by molar-refractivity contribution is 6.09. The minimum absolute atomic E-state index is 0.554. The third-order valence-electron chi connectivity index (χ3n) is 8.23. The molecule has 9 rings (SSSR count). The maximum Gasteiger partial charge on any atom is 0.165 e. The van der Waals surface area contributed by atoms with E-state index in [2.05, 4.69) is 56.8 Å². The Morgan fingerprint density at radius 3 is 1.81 bits per heavy atom. The van der Waals surface area contributed by atoms with Gasteiger partial charge in [-0.3, -0.25) is 14.4 Å². The number of rotatable bonds is 5. The second-order valence-corrected chi connectivity index (χ2v) is 11.2. The number of hydrogen-bond donors (Lipinski definition) is 0. The van der Waals surface area contributed by atoms with Crippen molar-refractivity contribution in [3.63, 3.8) is 0 Å². The number of benzene rings is 3. The van der Waals surface area contributed by atoms with Crippen LogP contribution in [0.25, 0.3) is 84.1 Å². The fourth-order valence-electron chi connectivity index (χ4n) is 5.97. The molecule has 0 N–H and O–H groups in total. The molecule has 8 heteroatoms. The lowest BCUT2D eigenvalue weighted by Gasteiger charge is -2.10. The van der Waals surface area contributed by atoms with Crippen molar-refractivity contribution >= 4 is 27.6 Å². The van der Waals surface area contributed by atoms with Crippen LogP contribution in [0.5, 0.6) is 0 Å². The Morgan fingerprint density at radius 2 is 1.09 bits per heavy atom. The molecule has 0 aliphatic heterocycles. The van der Waals surface area contributed by atoms with E-state index in [0.29, 0.717) is 17.5 Å². The maximum atomic E-state index is 5.13. The van der Waals surface area contributed by atoms with Gasteiger partial charge in [0.05, 0.1) is 16.7 Å². The molecule has 0 atom stereocenters. The van der Waals surface area contributed by atoms with Crippen LogP contribution >= 0.6 is 0 Å². The number of para-hydroxylation sites is 1. The first kappa shape index (κ1) is 26.7. The van der Waals surface area contributed by atoms with E-state index < -0.39 is 0 Å². The van der Waals surface area contributed by atoms with Crippen LogP contribution in [0.15, 0.2) is 146 Å². The summed E-state index contributed by atoms with van der Waals surface area (Å²) in [4.78, 5) is 33.1. The molecule has 3 aromatic carbocycles. The van der Waals surface area contributed by atoms with Gasteiger partial charge in [-0.1, -0.05) is 66.7 Å². The van der Waals surface area contributed by atoms with Gasteiger partial charge in [0.15, 0.2) is 17.5 Å². The molecular formula is C39H24N8. The van der Waals surface area contributed by atoms with Crippen LogP contribution in [0.3, 0.4) is 0 Å². The van der Waals surface area contributed by atoms with E-state index >= 15 is 0 Å². The quantitative estimate of drug-likeness (QED) is 0.195. The third kappa shape index (κ3) is 4.76. The second kappa shape index (κ2) is 11.0. The predicted octanol–water partition coefficient (Wildman–Crippen LogP) is 8.35. The van der Waals surface area contributed by atoms with Gasteiger partial charge in [-0.05, 0) is 59.7 Å². The van der Waals surface area contributed by atoms with E-state index in [-0.39, 0.29) is 0 Å². The summed E-state index contributed by atoms with van der Waals surface area (Å²) in [5.41, 5.74) is 10.3. The molecule has 0 spiro atoms. The normalized spacial score (nSPS) is 11.4. The summed E-state index contributed by atoms with van der Waals surface area (Å²) in [5.74, 6) is 1.68. The molecule has 0 unspecified atom stereocenters. The fourth-order valence-corrected chi connectivity index (χ4v) is 5.97. The Morgan fingerprint density at radius 1 is 0.447 bits per heavy atom. The minimum atomic E-state index is 0.554. The summed E-state index contributed by atoms with van der Waals surface area (Å²) in [6.07, 6.45) is 9.03. The number of hydrogen-bond acceptors (Lipinski definition) is 7. The predicted molar refractivity (Wildman–Crippen MR) is 184 cm³/mol. The molecule has 0 bridgehead atoms. The molecule has 0 saturated carbocycles. The van der Waals surface area contributed by atoms with E-state index in [1.165, 1.54) is 0 Å². The average Bonchev–Trinajstić information content (AvgIpc) is 3.55. The Bertz CT molecular complexity index is 2500. The molecule has 8 nitrogen and oxygen atoms in total. The number of pyridine rings is 4. The molecule has 9 aromatic rings. The molecule has 0 aliphatic rings. The van der Waals surface area contributed by atoms with Crippen molar-refractivity contribution in [2.75, 3.05) is 0 Å². The highest BCUT2D eigenvalue weighted by atomic mass is 15.0. The lowest BCUT2D eigenvalue weighted by molar-refractivity contribution is 1.07. The number of aromatic nitrogens is 8. The van der Waals surface area contributed by atoms with Gasteiger partial charge in [-0.25, -0.2) is 24.9 Å². The van der Waals surface area contributed by atoms with Crippen molar-refractivity contribution in [1.82, 2.24) is 39.3 Å². The first-order chi connectivity index (χ1) is 23.3. The van der Waals surface area contributed by atoms with Crippen molar-refractivity contribution in [2.24, 2.45) is 0 Å². The first-order valence-electron chi connectivity index (χ1n) is 15.2. The summed E-state index contributed by atoms with van der Waals surface area (Å²) in [6.45, 7) is 0. The van der Waals surface area contributed by atoms with Crippen molar-refractivity contribution in [3.8, 4) is 56.5 Å². The van der Waals surface area contributed by atoms with Gasteiger partial charge in [0.1, 0.15) is 11.2 Å². The van der Waals surface area contributed by atoms with Crippen molar-refractivity contribution in [3.05, 3.63) is 146 Å². The summed E-state index contributed by atoms with van der Waals surface area (Å²) >= 11 is 0. The highest BCUT2D eigenvalue weighted by Crippen LogP contribution is 2.34. The van der Waals surface area contributed by atoms with Gasteiger partial charge < -0.3 is 0 Å². The Hall–Kier alpha value is -6.67. The zero-order chi connectivity index (χ0) is 31.2. The Balaban J connectivity index is 1.13. The van der Waals surface area contributed by atoms with Crippen molar-refractivity contribution in [1.29, 1.82) is 0 Å².